The van der Waals surface area contributed by atoms with Gasteiger partial charge in [0.05, 0.1) is 6.10 Å². The number of nitrogens with zero attached hydrogens (tertiary/aromatic N) is 1. The second-order valence-electron chi connectivity index (χ2n) is 5.34. The Bertz CT molecular complexity index is 185. The second-order valence-corrected chi connectivity index (χ2v) is 5.34. The van der Waals surface area contributed by atoms with E-state index in [1.165, 1.54) is 19.3 Å². The molecule has 0 aromatic rings. The third kappa shape index (κ3) is 4.81. The van der Waals surface area contributed by atoms with E-state index in [0.717, 1.165) is 25.9 Å². The predicted molar refractivity (Wildman–Crippen MR) is 68.6 cm³/mol. The van der Waals surface area contributed by atoms with Crippen molar-refractivity contribution in [3.63, 3.8) is 0 Å². The fourth-order valence-electron chi connectivity index (χ4n) is 2.21. The van der Waals surface area contributed by atoms with Crippen LogP contribution in [0.1, 0.15) is 46.0 Å². The number of hydrogen-bond donors (Lipinski definition) is 2. The minimum Gasteiger partial charge on any atom is -0.392 e. The Labute approximate surface area is 100 Å². The van der Waals surface area contributed by atoms with Crippen molar-refractivity contribution < 1.29 is 5.11 Å². The fraction of sp³-hybridized carbons (Fsp3) is 1.00. The molecule has 1 fully saturated rings. The lowest BCUT2D eigenvalue weighted by molar-refractivity contribution is 0.118. The SMILES string of the molecule is CC(C)N(C)CCNC1CCCCCC1O. The summed E-state index contributed by atoms with van der Waals surface area (Å²) in [7, 11) is 2.15. The summed E-state index contributed by atoms with van der Waals surface area (Å²) in [5, 5.41) is 13.5. The molecule has 3 nitrogen and oxygen atoms in total. The minimum atomic E-state index is -0.133. The van der Waals surface area contributed by atoms with Gasteiger partial charge in [-0.1, -0.05) is 19.3 Å². The van der Waals surface area contributed by atoms with Crippen LogP contribution in [0, 0.1) is 0 Å². The van der Waals surface area contributed by atoms with Crippen LogP contribution >= 0.6 is 0 Å². The van der Waals surface area contributed by atoms with Crippen LogP contribution in [0.2, 0.25) is 0 Å². The van der Waals surface area contributed by atoms with E-state index in [1.807, 2.05) is 0 Å². The summed E-state index contributed by atoms with van der Waals surface area (Å²) in [5.74, 6) is 0. The van der Waals surface area contributed by atoms with E-state index < -0.39 is 0 Å². The van der Waals surface area contributed by atoms with E-state index in [2.05, 4.69) is 31.1 Å². The van der Waals surface area contributed by atoms with Gasteiger partial charge in [-0.05, 0) is 33.7 Å². The molecule has 96 valence electrons. The van der Waals surface area contributed by atoms with Crippen molar-refractivity contribution in [3.05, 3.63) is 0 Å². The largest absolute Gasteiger partial charge is 0.392 e. The molecule has 3 heteroatoms. The number of aliphatic hydroxyl groups is 1. The molecule has 2 atom stereocenters. The number of aliphatic hydroxyl groups excluding tert-OH is 1. The molecule has 0 saturated heterocycles. The van der Waals surface area contributed by atoms with Gasteiger partial charge >= 0.3 is 0 Å². The van der Waals surface area contributed by atoms with Crippen LogP contribution in [0.3, 0.4) is 0 Å². The molecule has 0 aromatic carbocycles. The topological polar surface area (TPSA) is 35.5 Å². The predicted octanol–water partition coefficient (Wildman–Crippen LogP) is 1.61. The summed E-state index contributed by atoms with van der Waals surface area (Å²) in [5.41, 5.74) is 0. The lowest BCUT2D eigenvalue weighted by Gasteiger charge is -2.25. The maximum Gasteiger partial charge on any atom is 0.0693 e. The summed E-state index contributed by atoms with van der Waals surface area (Å²) in [6.07, 6.45) is 5.69. The van der Waals surface area contributed by atoms with Gasteiger partial charge in [0.15, 0.2) is 0 Å². The Hall–Kier alpha value is -0.120. The molecule has 1 aliphatic rings. The Kier molecular flexibility index (Phi) is 6.32. The van der Waals surface area contributed by atoms with Crippen molar-refractivity contribution in [1.29, 1.82) is 0 Å². The quantitative estimate of drug-likeness (QED) is 0.702. The first kappa shape index (κ1) is 13.9. The highest BCUT2D eigenvalue weighted by Crippen LogP contribution is 2.17. The standard InChI is InChI=1S/C13H28N2O/c1-11(2)15(3)10-9-14-12-7-5-4-6-8-13(12)16/h11-14,16H,4-10H2,1-3H3. The van der Waals surface area contributed by atoms with Crippen molar-refractivity contribution in [1.82, 2.24) is 10.2 Å². The number of rotatable bonds is 5. The molecule has 0 aliphatic heterocycles. The zero-order valence-corrected chi connectivity index (χ0v) is 11.1. The van der Waals surface area contributed by atoms with Crippen molar-refractivity contribution in [3.8, 4) is 0 Å². The molecule has 1 saturated carbocycles. The zero-order valence-electron chi connectivity index (χ0n) is 11.1. The van der Waals surface area contributed by atoms with Gasteiger partial charge in [-0.2, -0.15) is 0 Å². The van der Waals surface area contributed by atoms with Gasteiger partial charge in [0, 0.05) is 25.2 Å². The summed E-state index contributed by atoms with van der Waals surface area (Å²) in [4.78, 5) is 2.33. The maximum atomic E-state index is 9.95. The normalized spacial score (nSPS) is 27.4. The van der Waals surface area contributed by atoms with Gasteiger partial charge in [0.1, 0.15) is 0 Å². The summed E-state index contributed by atoms with van der Waals surface area (Å²) in [6, 6.07) is 0.920. The molecule has 2 N–H and O–H groups in total. The Balaban J connectivity index is 2.20. The van der Waals surface area contributed by atoms with E-state index >= 15 is 0 Å². The van der Waals surface area contributed by atoms with Crippen LogP contribution in [0.15, 0.2) is 0 Å². The van der Waals surface area contributed by atoms with E-state index in [-0.39, 0.29) is 6.10 Å². The smallest absolute Gasteiger partial charge is 0.0693 e. The van der Waals surface area contributed by atoms with Gasteiger partial charge in [0.25, 0.3) is 0 Å². The third-order valence-corrected chi connectivity index (χ3v) is 3.73. The van der Waals surface area contributed by atoms with Crippen molar-refractivity contribution in [2.75, 3.05) is 20.1 Å². The first-order chi connectivity index (χ1) is 7.61. The second kappa shape index (κ2) is 7.25. The summed E-state index contributed by atoms with van der Waals surface area (Å²) >= 11 is 0. The van der Waals surface area contributed by atoms with Crippen LogP contribution in [-0.2, 0) is 0 Å². The Morgan fingerprint density at radius 3 is 2.62 bits per heavy atom. The Morgan fingerprint density at radius 1 is 1.25 bits per heavy atom. The zero-order chi connectivity index (χ0) is 12.0. The lowest BCUT2D eigenvalue weighted by atomic mass is 10.1. The van der Waals surface area contributed by atoms with Crippen molar-refractivity contribution in [2.24, 2.45) is 0 Å². The van der Waals surface area contributed by atoms with Crippen LogP contribution in [0.5, 0.6) is 0 Å². The van der Waals surface area contributed by atoms with Crippen LogP contribution < -0.4 is 5.32 Å². The molecule has 0 spiro atoms. The van der Waals surface area contributed by atoms with Crippen LogP contribution in [-0.4, -0.2) is 48.3 Å². The average Bonchev–Trinajstić information content (AvgIpc) is 2.44. The lowest BCUT2D eigenvalue weighted by Crippen LogP contribution is -2.43. The fourth-order valence-corrected chi connectivity index (χ4v) is 2.21. The first-order valence-electron chi connectivity index (χ1n) is 6.73. The Morgan fingerprint density at radius 2 is 1.94 bits per heavy atom. The highest BCUT2D eigenvalue weighted by atomic mass is 16.3. The van der Waals surface area contributed by atoms with Crippen LogP contribution in [0.4, 0.5) is 0 Å². The molecule has 1 rings (SSSR count). The van der Waals surface area contributed by atoms with Crippen LogP contribution in [0.25, 0.3) is 0 Å². The summed E-state index contributed by atoms with van der Waals surface area (Å²) in [6.45, 7) is 6.46. The molecular formula is C13H28N2O. The van der Waals surface area contributed by atoms with Crippen molar-refractivity contribution >= 4 is 0 Å². The number of hydrogen-bond acceptors (Lipinski definition) is 3. The molecule has 2 unspecified atom stereocenters. The molecular weight excluding hydrogens is 200 g/mol. The summed E-state index contributed by atoms with van der Waals surface area (Å²) < 4.78 is 0. The van der Waals surface area contributed by atoms with E-state index in [0.29, 0.717) is 12.1 Å². The molecule has 16 heavy (non-hydrogen) atoms. The van der Waals surface area contributed by atoms with Gasteiger partial charge in [-0.15, -0.1) is 0 Å². The molecule has 0 bridgehead atoms. The van der Waals surface area contributed by atoms with Crippen molar-refractivity contribution in [2.45, 2.75) is 64.1 Å². The van der Waals surface area contributed by atoms with E-state index in [4.69, 9.17) is 0 Å². The monoisotopic (exact) mass is 228 g/mol. The number of likely N-dealkylation sites (N-methyl/N-ethyl adjacent to an activating group) is 1. The molecule has 0 radical (unpaired) electrons. The first-order valence-corrected chi connectivity index (χ1v) is 6.73. The molecule has 0 heterocycles. The molecule has 0 amide bonds. The molecule has 0 aromatic heterocycles. The number of nitrogens with one attached hydrogen (secondary N) is 1. The van der Waals surface area contributed by atoms with E-state index in [9.17, 15) is 5.11 Å². The van der Waals surface area contributed by atoms with Gasteiger partial charge < -0.3 is 15.3 Å². The highest BCUT2D eigenvalue weighted by Gasteiger charge is 2.20. The van der Waals surface area contributed by atoms with Gasteiger partial charge in [-0.25, -0.2) is 0 Å². The highest BCUT2D eigenvalue weighted by molar-refractivity contribution is 4.79. The van der Waals surface area contributed by atoms with Gasteiger partial charge in [-0.3, -0.25) is 0 Å². The average molecular weight is 228 g/mol. The minimum absolute atomic E-state index is 0.133. The molecule has 1 aliphatic carbocycles. The third-order valence-electron chi connectivity index (χ3n) is 3.73. The van der Waals surface area contributed by atoms with E-state index in [1.54, 1.807) is 0 Å². The maximum absolute atomic E-state index is 9.95. The van der Waals surface area contributed by atoms with Gasteiger partial charge in [0.2, 0.25) is 0 Å².